The van der Waals surface area contributed by atoms with Crippen LogP contribution in [0.4, 0.5) is 0 Å². The van der Waals surface area contributed by atoms with Crippen molar-refractivity contribution in [1.29, 1.82) is 0 Å². The molecule has 3 aromatic carbocycles. The molecule has 0 aliphatic carbocycles. The van der Waals surface area contributed by atoms with Gasteiger partial charge in [-0.25, -0.2) is 0 Å². The maximum atomic E-state index is 7.09. The molecule has 0 spiro atoms. The fraction of sp³-hybridized carbons (Fsp3) is 0.250. The molecule has 0 aliphatic rings. The van der Waals surface area contributed by atoms with Crippen LogP contribution < -0.4 is 24.3 Å². The van der Waals surface area contributed by atoms with Crippen LogP contribution in [0.3, 0.4) is 0 Å². The molecule has 0 heterocycles. The van der Waals surface area contributed by atoms with Crippen molar-refractivity contribution >= 4 is 34.6 Å². The van der Waals surface area contributed by atoms with Gasteiger partial charge < -0.3 is 13.9 Å². The number of rotatable bonds is 6. The van der Waals surface area contributed by atoms with Crippen LogP contribution in [0.2, 0.25) is 5.04 Å². The maximum absolute atomic E-state index is 7.09. The highest BCUT2D eigenvalue weighted by molar-refractivity contribution is 9.10. The Kier molecular flexibility index (Phi) is 6.39. The summed E-state index contributed by atoms with van der Waals surface area (Å²) >= 11 is 3.59. The first kappa shape index (κ1) is 21.5. The molecule has 0 bridgehead atoms. The molecule has 29 heavy (non-hydrogen) atoms. The molecule has 0 atom stereocenters. The molecular weight excluding hydrogens is 444 g/mol. The Morgan fingerprint density at radius 1 is 0.724 bits per heavy atom. The van der Waals surface area contributed by atoms with E-state index < -0.39 is 8.32 Å². The molecule has 0 aromatic heterocycles. The third-order valence-corrected chi connectivity index (χ3v) is 10.5. The van der Waals surface area contributed by atoms with Crippen molar-refractivity contribution in [3.05, 3.63) is 77.3 Å². The van der Waals surface area contributed by atoms with Gasteiger partial charge in [0.05, 0.1) is 14.2 Å². The summed E-state index contributed by atoms with van der Waals surface area (Å²) in [7, 11) is 0.526. The maximum Gasteiger partial charge on any atom is 0.320 e. The zero-order chi connectivity index (χ0) is 21.1. The Bertz CT molecular complexity index is 914. The third-order valence-electron chi connectivity index (χ3n) is 5.09. The van der Waals surface area contributed by atoms with Gasteiger partial charge in [0.2, 0.25) is 5.75 Å². The van der Waals surface area contributed by atoms with Crippen LogP contribution >= 0.6 is 15.9 Å². The van der Waals surface area contributed by atoms with E-state index in [9.17, 15) is 0 Å². The highest BCUT2D eigenvalue weighted by Gasteiger charge is 2.52. The van der Waals surface area contributed by atoms with Crippen molar-refractivity contribution < 1.29 is 13.9 Å². The minimum Gasteiger partial charge on any atom is -0.531 e. The van der Waals surface area contributed by atoms with Gasteiger partial charge in [-0.1, -0.05) is 97.4 Å². The van der Waals surface area contributed by atoms with Crippen LogP contribution in [0.5, 0.6) is 17.2 Å². The van der Waals surface area contributed by atoms with Crippen LogP contribution in [0.1, 0.15) is 20.8 Å². The van der Waals surface area contributed by atoms with Gasteiger partial charge in [0.1, 0.15) is 0 Å². The number of methoxy groups -OCH3 is 2. The summed E-state index contributed by atoms with van der Waals surface area (Å²) in [5.41, 5.74) is 0. The number of hydrogen-bond donors (Lipinski definition) is 0. The van der Waals surface area contributed by atoms with E-state index in [1.165, 1.54) is 10.4 Å². The summed E-state index contributed by atoms with van der Waals surface area (Å²) in [4.78, 5) is 0. The molecule has 0 N–H and O–H groups in total. The number of halogens is 1. The van der Waals surface area contributed by atoms with Gasteiger partial charge in [-0.05, 0) is 27.5 Å². The first-order valence-corrected chi connectivity index (χ1v) is 12.2. The topological polar surface area (TPSA) is 27.7 Å². The Balaban J connectivity index is 2.32. The van der Waals surface area contributed by atoms with Crippen molar-refractivity contribution in [3.63, 3.8) is 0 Å². The predicted molar refractivity (Wildman–Crippen MR) is 125 cm³/mol. The van der Waals surface area contributed by atoms with Crippen LogP contribution in [0.15, 0.2) is 77.3 Å². The third kappa shape index (κ3) is 4.07. The lowest BCUT2D eigenvalue weighted by molar-refractivity contribution is 0.341. The van der Waals surface area contributed by atoms with Crippen molar-refractivity contribution in [1.82, 2.24) is 0 Å². The zero-order valence-corrected chi connectivity index (χ0v) is 20.1. The average molecular weight is 471 g/mol. The second-order valence-corrected chi connectivity index (χ2v) is 13.0. The van der Waals surface area contributed by atoms with E-state index >= 15 is 0 Å². The van der Waals surface area contributed by atoms with Gasteiger partial charge >= 0.3 is 8.32 Å². The first-order valence-electron chi connectivity index (χ1n) is 9.55. The molecule has 152 valence electrons. The monoisotopic (exact) mass is 470 g/mol. The number of ether oxygens (including phenoxy) is 2. The van der Waals surface area contributed by atoms with Crippen molar-refractivity contribution in [2.24, 2.45) is 0 Å². The van der Waals surface area contributed by atoms with Crippen LogP contribution in [0.25, 0.3) is 0 Å². The SMILES string of the molecule is COc1cc(Br)cc(O[Si](c2ccccc2)(c2ccccc2)C(C)(C)C)c1OC. The van der Waals surface area contributed by atoms with Crippen LogP contribution in [-0.4, -0.2) is 22.5 Å². The van der Waals surface area contributed by atoms with E-state index in [0.29, 0.717) is 17.2 Å². The average Bonchev–Trinajstić information content (AvgIpc) is 2.71. The molecule has 0 radical (unpaired) electrons. The van der Waals surface area contributed by atoms with E-state index in [4.69, 9.17) is 13.9 Å². The van der Waals surface area contributed by atoms with E-state index in [-0.39, 0.29) is 5.04 Å². The molecule has 3 rings (SSSR count). The van der Waals surface area contributed by atoms with Crippen molar-refractivity contribution in [3.8, 4) is 17.2 Å². The summed E-state index contributed by atoms with van der Waals surface area (Å²) in [5, 5.41) is 2.27. The molecule has 3 nitrogen and oxygen atoms in total. The standard InChI is InChI=1S/C24H27BrO3Si/c1-24(2,3)29(19-12-8-6-9-13-19,20-14-10-7-11-15-20)28-22-17-18(25)16-21(26-4)23(22)27-5/h6-17H,1-5H3. The highest BCUT2D eigenvalue weighted by atomic mass is 79.9. The van der Waals surface area contributed by atoms with E-state index in [2.05, 4.69) is 85.2 Å². The quantitative estimate of drug-likeness (QED) is 0.451. The lowest BCUT2D eigenvalue weighted by Crippen LogP contribution is -2.68. The summed E-state index contributed by atoms with van der Waals surface area (Å²) < 4.78 is 19.2. The fourth-order valence-electron chi connectivity index (χ4n) is 3.79. The van der Waals surface area contributed by atoms with Gasteiger partial charge in [0.25, 0.3) is 0 Å². The van der Waals surface area contributed by atoms with E-state index in [1.54, 1.807) is 14.2 Å². The van der Waals surface area contributed by atoms with Crippen molar-refractivity contribution in [2.75, 3.05) is 14.2 Å². The molecule has 0 fully saturated rings. The van der Waals surface area contributed by atoms with Crippen molar-refractivity contribution in [2.45, 2.75) is 25.8 Å². The predicted octanol–water partition coefficient (Wildman–Crippen LogP) is 5.41. The Morgan fingerprint density at radius 3 is 1.62 bits per heavy atom. The first-order chi connectivity index (χ1) is 13.8. The van der Waals surface area contributed by atoms with Crippen LogP contribution in [0, 0.1) is 0 Å². The molecular formula is C24H27BrO3Si. The second-order valence-electron chi connectivity index (χ2n) is 7.90. The Morgan fingerprint density at radius 2 is 1.21 bits per heavy atom. The molecule has 3 aromatic rings. The molecule has 5 heteroatoms. The molecule has 0 amide bonds. The lowest BCUT2D eigenvalue weighted by atomic mass is 10.2. The highest BCUT2D eigenvalue weighted by Crippen LogP contribution is 2.44. The Labute approximate surface area is 182 Å². The Hall–Kier alpha value is -2.24. The minimum atomic E-state index is -2.75. The van der Waals surface area contributed by atoms with E-state index in [0.717, 1.165) is 4.47 Å². The zero-order valence-electron chi connectivity index (χ0n) is 17.5. The van der Waals surface area contributed by atoms with Gasteiger partial charge in [-0.15, -0.1) is 0 Å². The van der Waals surface area contributed by atoms with E-state index in [1.807, 2.05) is 24.3 Å². The summed E-state index contributed by atoms with van der Waals surface area (Å²) in [6.45, 7) is 6.75. The summed E-state index contributed by atoms with van der Waals surface area (Å²) in [5.74, 6) is 1.91. The minimum absolute atomic E-state index is 0.143. The van der Waals surface area contributed by atoms with Gasteiger partial charge in [0.15, 0.2) is 11.5 Å². The van der Waals surface area contributed by atoms with Gasteiger partial charge in [-0.2, -0.15) is 0 Å². The number of hydrogen-bond acceptors (Lipinski definition) is 3. The van der Waals surface area contributed by atoms with Gasteiger partial charge in [0, 0.05) is 4.47 Å². The fourth-order valence-corrected chi connectivity index (χ4v) is 8.62. The lowest BCUT2D eigenvalue weighted by Gasteiger charge is -2.43. The summed E-state index contributed by atoms with van der Waals surface area (Å²) in [6.07, 6.45) is 0. The molecule has 0 saturated carbocycles. The van der Waals surface area contributed by atoms with Crippen LogP contribution in [-0.2, 0) is 0 Å². The summed E-state index contributed by atoms with van der Waals surface area (Å²) in [6, 6.07) is 24.9. The smallest absolute Gasteiger partial charge is 0.320 e. The second kappa shape index (κ2) is 8.64. The number of benzene rings is 3. The normalized spacial score (nSPS) is 11.8. The van der Waals surface area contributed by atoms with Gasteiger partial charge in [-0.3, -0.25) is 0 Å². The molecule has 0 unspecified atom stereocenters. The largest absolute Gasteiger partial charge is 0.531 e. The molecule has 0 aliphatic heterocycles. The molecule has 0 saturated heterocycles.